The molecule has 0 heterocycles. The van der Waals surface area contributed by atoms with Crippen molar-refractivity contribution in [1.82, 2.24) is 0 Å². The number of rotatable bonds is 8. The summed E-state index contributed by atoms with van der Waals surface area (Å²) < 4.78 is 0. The Bertz CT molecular complexity index is 440. The van der Waals surface area contributed by atoms with Gasteiger partial charge in [-0.1, -0.05) is 24.6 Å². The van der Waals surface area contributed by atoms with Crippen molar-refractivity contribution in [2.75, 3.05) is 18.0 Å². The average Bonchev–Trinajstić information content (AvgIpc) is 2.40. The molecule has 0 spiro atoms. The second kappa shape index (κ2) is 7.32. The summed E-state index contributed by atoms with van der Waals surface area (Å²) in [6.07, 6.45) is 2.70. The lowest BCUT2D eigenvalue weighted by atomic mass is 9.87. The van der Waals surface area contributed by atoms with Crippen LogP contribution in [-0.2, 0) is 4.79 Å². The number of para-hydroxylation sites is 1. The van der Waals surface area contributed by atoms with Crippen molar-refractivity contribution in [1.29, 1.82) is 0 Å². The molecule has 0 saturated heterocycles. The summed E-state index contributed by atoms with van der Waals surface area (Å²) in [4.78, 5) is 13.4. The molecule has 0 saturated carbocycles. The van der Waals surface area contributed by atoms with Gasteiger partial charge in [-0.25, -0.2) is 0 Å². The highest BCUT2D eigenvalue weighted by atomic mass is 16.4. The third-order valence-electron chi connectivity index (χ3n) is 3.90. The zero-order valence-corrected chi connectivity index (χ0v) is 13.1. The van der Waals surface area contributed by atoms with Gasteiger partial charge in [-0.2, -0.15) is 0 Å². The third kappa shape index (κ3) is 4.55. The van der Waals surface area contributed by atoms with E-state index in [0.717, 1.165) is 32.4 Å². The van der Waals surface area contributed by atoms with E-state index >= 15 is 0 Å². The molecule has 0 bridgehead atoms. The minimum absolute atomic E-state index is 0.611. The first-order chi connectivity index (χ1) is 9.38. The summed E-state index contributed by atoms with van der Waals surface area (Å²) in [5.74, 6) is -0.705. The van der Waals surface area contributed by atoms with Crippen molar-refractivity contribution in [3.8, 4) is 0 Å². The van der Waals surface area contributed by atoms with Crippen molar-refractivity contribution in [2.24, 2.45) is 5.41 Å². The fraction of sp³-hybridized carbons (Fsp3) is 0.588. The van der Waals surface area contributed by atoms with Crippen LogP contribution < -0.4 is 4.90 Å². The Hall–Kier alpha value is -1.51. The van der Waals surface area contributed by atoms with E-state index in [2.05, 4.69) is 43.0 Å². The molecular formula is C17H27NO2. The van der Waals surface area contributed by atoms with Crippen LogP contribution in [0.1, 0.15) is 45.6 Å². The predicted molar refractivity (Wildman–Crippen MR) is 84.3 cm³/mol. The van der Waals surface area contributed by atoms with Crippen LogP contribution in [0.5, 0.6) is 0 Å². The fourth-order valence-electron chi connectivity index (χ4n) is 2.34. The summed E-state index contributed by atoms with van der Waals surface area (Å²) in [6, 6.07) is 8.41. The van der Waals surface area contributed by atoms with E-state index in [4.69, 9.17) is 5.11 Å². The lowest BCUT2D eigenvalue weighted by Crippen LogP contribution is -2.26. The van der Waals surface area contributed by atoms with E-state index in [1.165, 1.54) is 11.3 Å². The molecule has 0 aliphatic carbocycles. The zero-order chi connectivity index (χ0) is 15.2. The number of benzene rings is 1. The Morgan fingerprint density at radius 3 is 2.45 bits per heavy atom. The third-order valence-corrected chi connectivity index (χ3v) is 3.90. The molecular weight excluding hydrogens is 250 g/mol. The smallest absolute Gasteiger partial charge is 0.309 e. The number of carboxylic acids is 1. The molecule has 0 aliphatic heterocycles. The molecule has 20 heavy (non-hydrogen) atoms. The summed E-state index contributed by atoms with van der Waals surface area (Å²) in [7, 11) is 0. The molecule has 0 unspecified atom stereocenters. The van der Waals surface area contributed by atoms with Crippen molar-refractivity contribution in [3.05, 3.63) is 29.8 Å². The molecule has 0 aliphatic rings. The summed E-state index contributed by atoms with van der Waals surface area (Å²) >= 11 is 0. The van der Waals surface area contributed by atoms with E-state index < -0.39 is 11.4 Å². The van der Waals surface area contributed by atoms with Gasteiger partial charge in [0, 0.05) is 18.8 Å². The van der Waals surface area contributed by atoms with Gasteiger partial charge in [0.1, 0.15) is 0 Å². The highest BCUT2D eigenvalue weighted by molar-refractivity contribution is 5.73. The van der Waals surface area contributed by atoms with Gasteiger partial charge in [0.15, 0.2) is 0 Å². The minimum atomic E-state index is -0.705. The van der Waals surface area contributed by atoms with Crippen LogP contribution in [0, 0.1) is 12.3 Å². The Balaban J connectivity index is 2.48. The molecule has 0 aromatic heterocycles. The summed E-state index contributed by atoms with van der Waals surface area (Å²) in [5, 5.41) is 9.10. The molecule has 0 fully saturated rings. The maximum atomic E-state index is 11.1. The van der Waals surface area contributed by atoms with Crippen LogP contribution in [0.15, 0.2) is 24.3 Å². The molecule has 112 valence electrons. The molecule has 1 aromatic carbocycles. The predicted octanol–water partition coefficient (Wildman–Crippen LogP) is 4.10. The van der Waals surface area contributed by atoms with Crippen LogP contribution in [-0.4, -0.2) is 24.2 Å². The van der Waals surface area contributed by atoms with Gasteiger partial charge in [0.05, 0.1) is 5.41 Å². The number of aliphatic carboxylic acids is 1. The summed E-state index contributed by atoms with van der Waals surface area (Å²) in [5.41, 5.74) is 1.97. The van der Waals surface area contributed by atoms with Gasteiger partial charge in [-0.05, 0) is 52.2 Å². The standard InChI is InChI=1S/C17H27NO2/c1-5-18(15-11-7-6-10-14(15)2)13-9-8-12-17(3,4)16(19)20/h6-7,10-11H,5,8-9,12-13H2,1-4H3,(H,19,20). The van der Waals surface area contributed by atoms with Gasteiger partial charge in [-0.3, -0.25) is 4.79 Å². The quantitative estimate of drug-likeness (QED) is 0.727. The fourth-order valence-corrected chi connectivity index (χ4v) is 2.34. The van der Waals surface area contributed by atoms with Crippen LogP contribution in [0.3, 0.4) is 0 Å². The first kappa shape index (κ1) is 16.5. The second-order valence-electron chi connectivity index (χ2n) is 6.01. The molecule has 3 nitrogen and oxygen atoms in total. The number of hydrogen-bond donors (Lipinski definition) is 1. The van der Waals surface area contributed by atoms with E-state index in [9.17, 15) is 4.79 Å². The van der Waals surface area contributed by atoms with Crippen molar-refractivity contribution in [3.63, 3.8) is 0 Å². The molecule has 1 aromatic rings. The van der Waals surface area contributed by atoms with Crippen LogP contribution in [0.25, 0.3) is 0 Å². The Morgan fingerprint density at radius 2 is 1.90 bits per heavy atom. The molecule has 0 atom stereocenters. The van der Waals surface area contributed by atoms with E-state index in [-0.39, 0.29) is 0 Å². The summed E-state index contributed by atoms with van der Waals surface area (Å²) in [6.45, 7) is 9.85. The number of carbonyl (C=O) groups is 1. The maximum absolute atomic E-state index is 11.1. The van der Waals surface area contributed by atoms with Crippen molar-refractivity contribution in [2.45, 2.75) is 47.0 Å². The average molecular weight is 277 g/mol. The molecule has 3 heteroatoms. The maximum Gasteiger partial charge on any atom is 0.309 e. The topological polar surface area (TPSA) is 40.5 Å². The highest BCUT2D eigenvalue weighted by Gasteiger charge is 2.26. The molecule has 1 rings (SSSR count). The van der Waals surface area contributed by atoms with Gasteiger partial charge in [0.25, 0.3) is 0 Å². The lowest BCUT2D eigenvalue weighted by molar-refractivity contribution is -0.147. The normalized spacial score (nSPS) is 11.4. The highest BCUT2D eigenvalue weighted by Crippen LogP contribution is 2.24. The van der Waals surface area contributed by atoms with E-state index in [1.54, 1.807) is 13.8 Å². The monoisotopic (exact) mass is 277 g/mol. The number of aryl methyl sites for hydroxylation is 1. The Kier molecular flexibility index (Phi) is 6.05. The van der Waals surface area contributed by atoms with Gasteiger partial charge in [-0.15, -0.1) is 0 Å². The van der Waals surface area contributed by atoms with Crippen molar-refractivity contribution >= 4 is 11.7 Å². The first-order valence-electron chi connectivity index (χ1n) is 7.42. The first-order valence-corrected chi connectivity index (χ1v) is 7.42. The Labute approximate surface area is 122 Å². The molecule has 0 radical (unpaired) electrons. The van der Waals surface area contributed by atoms with Gasteiger partial charge >= 0.3 is 5.97 Å². The number of anilines is 1. The Morgan fingerprint density at radius 1 is 1.25 bits per heavy atom. The lowest BCUT2D eigenvalue weighted by Gasteiger charge is -2.26. The van der Waals surface area contributed by atoms with Crippen molar-refractivity contribution < 1.29 is 9.90 Å². The van der Waals surface area contributed by atoms with Gasteiger partial charge < -0.3 is 10.0 Å². The van der Waals surface area contributed by atoms with Crippen LogP contribution >= 0.6 is 0 Å². The van der Waals surface area contributed by atoms with Crippen LogP contribution in [0.4, 0.5) is 5.69 Å². The number of unbranched alkanes of at least 4 members (excludes halogenated alkanes) is 1. The number of hydrogen-bond acceptors (Lipinski definition) is 2. The van der Waals surface area contributed by atoms with Gasteiger partial charge in [0.2, 0.25) is 0 Å². The number of nitrogens with zero attached hydrogens (tertiary/aromatic N) is 1. The number of carboxylic acid groups (broad SMARTS) is 1. The largest absolute Gasteiger partial charge is 0.481 e. The minimum Gasteiger partial charge on any atom is -0.481 e. The van der Waals surface area contributed by atoms with E-state index in [0.29, 0.717) is 0 Å². The SMILES string of the molecule is CCN(CCCCC(C)(C)C(=O)O)c1ccccc1C. The molecule has 0 amide bonds. The zero-order valence-electron chi connectivity index (χ0n) is 13.1. The van der Waals surface area contributed by atoms with Crippen LogP contribution in [0.2, 0.25) is 0 Å². The molecule has 1 N–H and O–H groups in total. The van der Waals surface area contributed by atoms with E-state index in [1.807, 2.05) is 0 Å². The second-order valence-corrected chi connectivity index (χ2v) is 6.01.